The van der Waals surface area contributed by atoms with E-state index in [4.69, 9.17) is 0 Å². The summed E-state index contributed by atoms with van der Waals surface area (Å²) in [7, 11) is 4.10. The van der Waals surface area contributed by atoms with Crippen molar-refractivity contribution in [2.75, 3.05) is 20.6 Å². The predicted molar refractivity (Wildman–Crippen MR) is 97.4 cm³/mol. The zero-order valence-corrected chi connectivity index (χ0v) is 14.1. The second kappa shape index (κ2) is 7.10. The summed E-state index contributed by atoms with van der Waals surface area (Å²) in [4.78, 5) is 15.1. The topological polar surface area (TPSA) is 20.3 Å². The first-order valence-corrected chi connectivity index (χ1v) is 8.52. The van der Waals surface area contributed by atoms with Crippen molar-refractivity contribution in [3.05, 3.63) is 53.6 Å². The summed E-state index contributed by atoms with van der Waals surface area (Å²) in [5.41, 5.74) is 2.17. The lowest BCUT2D eigenvalue weighted by atomic mass is 9.93. The summed E-state index contributed by atoms with van der Waals surface area (Å²) in [6.45, 7) is 0.853. The molecule has 1 atom stereocenters. The van der Waals surface area contributed by atoms with Crippen molar-refractivity contribution in [2.45, 2.75) is 25.7 Å². The Hall–Kier alpha value is -1.93. The molecule has 0 spiro atoms. The fraction of sp³-hybridized carbons (Fsp3) is 0.381. The lowest BCUT2D eigenvalue weighted by Crippen LogP contribution is -2.27. The van der Waals surface area contributed by atoms with Crippen molar-refractivity contribution < 1.29 is 4.79 Å². The van der Waals surface area contributed by atoms with E-state index in [1.165, 1.54) is 10.8 Å². The zero-order valence-electron chi connectivity index (χ0n) is 14.1. The number of nitrogens with zero attached hydrogens (tertiary/aromatic N) is 1. The third kappa shape index (κ3) is 3.70. The van der Waals surface area contributed by atoms with Crippen LogP contribution in [0.15, 0.2) is 48.0 Å². The molecule has 1 fully saturated rings. The normalized spacial score (nSPS) is 21.1. The highest BCUT2D eigenvalue weighted by Gasteiger charge is 2.25. The molecule has 2 heteroatoms. The van der Waals surface area contributed by atoms with Gasteiger partial charge in [-0.2, -0.15) is 0 Å². The quantitative estimate of drug-likeness (QED) is 0.613. The standard InChI is InChI=1S/C21H25NO/c1-22(2)15-19-10-4-3-9-18(21(19)23)14-17-12-7-11-16-8-5-6-13-20(16)17/h5-8,11-14,19H,3-4,9-10,15H2,1-2H3/b18-14+. The monoisotopic (exact) mass is 307 g/mol. The van der Waals surface area contributed by atoms with Crippen molar-refractivity contribution in [3.63, 3.8) is 0 Å². The molecule has 120 valence electrons. The molecule has 0 radical (unpaired) electrons. The fourth-order valence-electron chi connectivity index (χ4n) is 3.54. The summed E-state index contributed by atoms with van der Waals surface area (Å²) >= 11 is 0. The minimum absolute atomic E-state index is 0.147. The predicted octanol–water partition coefficient (Wildman–Crippen LogP) is 4.54. The number of benzene rings is 2. The van der Waals surface area contributed by atoms with Gasteiger partial charge in [-0.25, -0.2) is 0 Å². The highest BCUT2D eigenvalue weighted by Crippen LogP contribution is 2.28. The molecule has 1 aliphatic rings. The number of ketones is 1. The Bertz CT molecular complexity index is 724. The second-order valence-electron chi connectivity index (χ2n) is 6.81. The molecule has 0 bridgehead atoms. The summed E-state index contributed by atoms with van der Waals surface area (Å²) in [5, 5.41) is 2.46. The Labute approximate surface area is 138 Å². The molecule has 1 aliphatic carbocycles. The number of hydrogen-bond acceptors (Lipinski definition) is 2. The number of allylic oxidation sites excluding steroid dienone is 1. The maximum Gasteiger partial charge on any atom is 0.163 e. The maximum absolute atomic E-state index is 12.9. The van der Waals surface area contributed by atoms with Crippen LogP contribution < -0.4 is 0 Å². The smallest absolute Gasteiger partial charge is 0.163 e. The molecule has 0 aliphatic heterocycles. The largest absolute Gasteiger partial charge is 0.309 e. The molecule has 1 unspecified atom stereocenters. The Kier molecular flexibility index (Phi) is 4.92. The first kappa shape index (κ1) is 15.9. The molecular formula is C21H25NO. The maximum atomic E-state index is 12.9. The first-order chi connectivity index (χ1) is 11.1. The van der Waals surface area contributed by atoms with Crippen molar-refractivity contribution in [3.8, 4) is 0 Å². The van der Waals surface area contributed by atoms with E-state index in [0.717, 1.165) is 43.4 Å². The van der Waals surface area contributed by atoms with E-state index in [1.807, 2.05) is 14.1 Å². The van der Waals surface area contributed by atoms with E-state index < -0.39 is 0 Å². The number of fused-ring (bicyclic) bond motifs is 1. The van der Waals surface area contributed by atoms with Gasteiger partial charge in [0.05, 0.1) is 0 Å². The molecule has 0 amide bonds. The van der Waals surface area contributed by atoms with Gasteiger partial charge in [0.25, 0.3) is 0 Å². The molecular weight excluding hydrogens is 282 g/mol. The van der Waals surface area contributed by atoms with Gasteiger partial charge in [-0.05, 0) is 61.3 Å². The van der Waals surface area contributed by atoms with Gasteiger partial charge in [0, 0.05) is 12.5 Å². The Morgan fingerprint density at radius 2 is 1.87 bits per heavy atom. The van der Waals surface area contributed by atoms with Crippen LogP contribution in [0.2, 0.25) is 0 Å². The van der Waals surface area contributed by atoms with E-state index in [1.54, 1.807) is 0 Å². The Morgan fingerprint density at radius 3 is 2.70 bits per heavy atom. The van der Waals surface area contributed by atoms with Gasteiger partial charge in [-0.1, -0.05) is 48.9 Å². The zero-order chi connectivity index (χ0) is 16.2. The molecule has 2 aromatic carbocycles. The van der Waals surface area contributed by atoms with Crippen molar-refractivity contribution in [1.82, 2.24) is 4.90 Å². The van der Waals surface area contributed by atoms with Crippen LogP contribution in [0.3, 0.4) is 0 Å². The molecule has 0 saturated heterocycles. The van der Waals surface area contributed by atoms with Gasteiger partial charge in [0.15, 0.2) is 5.78 Å². The van der Waals surface area contributed by atoms with Crippen LogP contribution in [0, 0.1) is 5.92 Å². The molecule has 0 aromatic heterocycles. The van der Waals surface area contributed by atoms with Crippen molar-refractivity contribution in [1.29, 1.82) is 0 Å². The van der Waals surface area contributed by atoms with Gasteiger partial charge in [-0.3, -0.25) is 4.79 Å². The van der Waals surface area contributed by atoms with Gasteiger partial charge in [0.1, 0.15) is 0 Å². The average Bonchev–Trinajstić information content (AvgIpc) is 2.71. The molecule has 3 rings (SSSR count). The highest BCUT2D eigenvalue weighted by atomic mass is 16.1. The van der Waals surface area contributed by atoms with E-state index >= 15 is 0 Å². The van der Waals surface area contributed by atoms with Crippen molar-refractivity contribution >= 4 is 22.6 Å². The highest BCUT2D eigenvalue weighted by molar-refractivity contribution is 6.03. The second-order valence-corrected chi connectivity index (χ2v) is 6.81. The van der Waals surface area contributed by atoms with Gasteiger partial charge < -0.3 is 4.90 Å². The molecule has 23 heavy (non-hydrogen) atoms. The van der Waals surface area contributed by atoms with Crippen molar-refractivity contribution in [2.24, 2.45) is 5.92 Å². The van der Waals surface area contributed by atoms with Gasteiger partial charge >= 0.3 is 0 Å². The molecule has 0 N–H and O–H groups in total. The van der Waals surface area contributed by atoms with E-state index in [9.17, 15) is 4.79 Å². The number of carbonyl (C=O) groups is 1. The molecule has 2 nitrogen and oxygen atoms in total. The van der Waals surface area contributed by atoms with Gasteiger partial charge in [-0.15, -0.1) is 0 Å². The van der Waals surface area contributed by atoms with Crippen LogP contribution in [-0.2, 0) is 4.79 Å². The third-order valence-corrected chi connectivity index (χ3v) is 4.67. The number of carbonyl (C=O) groups excluding carboxylic acids is 1. The minimum atomic E-state index is 0.147. The van der Waals surface area contributed by atoms with Crippen LogP contribution in [0.4, 0.5) is 0 Å². The van der Waals surface area contributed by atoms with E-state index in [0.29, 0.717) is 5.78 Å². The van der Waals surface area contributed by atoms with Gasteiger partial charge in [0.2, 0.25) is 0 Å². The van der Waals surface area contributed by atoms with Crippen LogP contribution in [-0.4, -0.2) is 31.3 Å². The minimum Gasteiger partial charge on any atom is -0.309 e. The van der Waals surface area contributed by atoms with E-state index in [-0.39, 0.29) is 5.92 Å². The number of rotatable bonds is 3. The molecule has 1 saturated carbocycles. The average molecular weight is 307 g/mol. The van der Waals surface area contributed by atoms with Crippen LogP contribution >= 0.6 is 0 Å². The lowest BCUT2D eigenvalue weighted by molar-refractivity contribution is -0.119. The number of Topliss-reactive ketones (excluding diaryl/α,β-unsaturated/α-hetero) is 1. The van der Waals surface area contributed by atoms with Crippen LogP contribution in [0.25, 0.3) is 16.8 Å². The summed E-state index contributed by atoms with van der Waals surface area (Å²) in [6.07, 6.45) is 6.33. The molecule has 2 aromatic rings. The summed E-state index contributed by atoms with van der Waals surface area (Å²) < 4.78 is 0. The molecule has 0 heterocycles. The summed E-state index contributed by atoms with van der Waals surface area (Å²) in [5.74, 6) is 0.498. The fourth-order valence-corrected chi connectivity index (χ4v) is 3.54. The Morgan fingerprint density at radius 1 is 1.09 bits per heavy atom. The third-order valence-electron chi connectivity index (χ3n) is 4.67. The number of hydrogen-bond donors (Lipinski definition) is 0. The summed E-state index contributed by atoms with van der Waals surface area (Å²) in [6, 6.07) is 14.7. The SMILES string of the molecule is CN(C)CC1CCCC/C(=C\c2cccc3ccccc23)C1=O. The first-order valence-electron chi connectivity index (χ1n) is 8.52. The van der Waals surface area contributed by atoms with Crippen LogP contribution in [0.1, 0.15) is 31.2 Å². The Balaban J connectivity index is 1.97. The lowest BCUT2D eigenvalue weighted by Gasteiger charge is -2.18. The van der Waals surface area contributed by atoms with E-state index in [2.05, 4.69) is 53.4 Å². The van der Waals surface area contributed by atoms with Crippen LogP contribution in [0.5, 0.6) is 0 Å².